The summed E-state index contributed by atoms with van der Waals surface area (Å²) in [4.78, 5) is 13.4. The van der Waals surface area contributed by atoms with E-state index in [-0.39, 0.29) is 11.2 Å². The highest BCUT2D eigenvalue weighted by molar-refractivity contribution is 7.10. The second kappa shape index (κ2) is 5.32. The van der Waals surface area contributed by atoms with Crippen molar-refractivity contribution in [3.8, 4) is 0 Å². The quantitative estimate of drug-likeness (QED) is 0.832. The van der Waals surface area contributed by atoms with Gasteiger partial charge >= 0.3 is 0 Å². The van der Waals surface area contributed by atoms with Crippen LogP contribution in [-0.2, 0) is 0 Å². The van der Waals surface area contributed by atoms with Gasteiger partial charge in [0.25, 0.3) is 0 Å². The fourth-order valence-corrected chi connectivity index (χ4v) is 3.58. The van der Waals surface area contributed by atoms with Crippen LogP contribution in [0.4, 0.5) is 0 Å². The van der Waals surface area contributed by atoms with Crippen LogP contribution in [0.3, 0.4) is 0 Å². The van der Waals surface area contributed by atoms with Crippen LogP contribution in [0.1, 0.15) is 53.8 Å². The van der Waals surface area contributed by atoms with Gasteiger partial charge in [-0.15, -0.1) is 11.3 Å². The van der Waals surface area contributed by atoms with Gasteiger partial charge < -0.3 is 5.73 Å². The Hall–Kier alpha value is -0.670. The van der Waals surface area contributed by atoms with Crippen molar-refractivity contribution in [1.29, 1.82) is 0 Å². The summed E-state index contributed by atoms with van der Waals surface area (Å²) in [6.45, 7) is 2.68. The van der Waals surface area contributed by atoms with E-state index in [2.05, 4.69) is 0 Å². The molecule has 0 amide bonds. The minimum atomic E-state index is 0.0870. The summed E-state index contributed by atoms with van der Waals surface area (Å²) < 4.78 is 0. The zero-order valence-corrected chi connectivity index (χ0v) is 11.3. The molecule has 0 saturated heterocycles. The van der Waals surface area contributed by atoms with Gasteiger partial charge in [-0.1, -0.05) is 19.3 Å². The highest BCUT2D eigenvalue weighted by Gasteiger charge is 2.33. The Morgan fingerprint density at radius 1 is 1.41 bits per heavy atom. The van der Waals surface area contributed by atoms with E-state index in [4.69, 9.17) is 5.73 Å². The second-order valence-corrected chi connectivity index (χ2v) is 6.38. The summed E-state index contributed by atoms with van der Waals surface area (Å²) in [6, 6.07) is 1.95. The Morgan fingerprint density at radius 2 is 2.12 bits per heavy atom. The summed E-state index contributed by atoms with van der Waals surface area (Å²) in [5.41, 5.74) is 6.93. The lowest BCUT2D eigenvalue weighted by Crippen LogP contribution is -2.35. The van der Waals surface area contributed by atoms with E-state index < -0.39 is 0 Å². The third-order valence-corrected chi connectivity index (χ3v) is 4.89. The molecule has 17 heavy (non-hydrogen) atoms. The minimum Gasteiger partial charge on any atom is -0.330 e. The Bertz CT molecular complexity index is 391. The molecule has 0 spiro atoms. The Kier molecular flexibility index (Phi) is 4.00. The molecule has 94 valence electrons. The molecule has 0 aliphatic heterocycles. The lowest BCUT2D eigenvalue weighted by atomic mass is 9.70. The molecule has 1 fully saturated rings. The van der Waals surface area contributed by atoms with E-state index >= 15 is 0 Å². The van der Waals surface area contributed by atoms with Crippen LogP contribution in [0.15, 0.2) is 11.4 Å². The van der Waals surface area contributed by atoms with Crippen LogP contribution >= 0.6 is 11.3 Å². The predicted octanol–water partition coefficient (Wildman–Crippen LogP) is 3.54. The molecule has 2 rings (SSSR count). The maximum atomic E-state index is 12.3. The first-order valence-electron chi connectivity index (χ1n) is 6.44. The van der Waals surface area contributed by atoms with E-state index in [0.29, 0.717) is 13.0 Å². The smallest absolute Gasteiger partial charge is 0.164 e. The molecule has 0 unspecified atom stereocenters. The molecule has 2 N–H and O–H groups in total. The Balaban J connectivity index is 2.08. The molecular formula is C14H21NOS. The van der Waals surface area contributed by atoms with Crippen LogP contribution in [0.25, 0.3) is 0 Å². The van der Waals surface area contributed by atoms with Gasteiger partial charge in [-0.3, -0.25) is 4.79 Å². The van der Waals surface area contributed by atoms with Crippen LogP contribution in [0, 0.1) is 12.3 Å². The van der Waals surface area contributed by atoms with Crippen molar-refractivity contribution in [3.05, 3.63) is 21.9 Å². The summed E-state index contributed by atoms with van der Waals surface area (Å²) in [6.07, 6.45) is 6.64. The van der Waals surface area contributed by atoms with Gasteiger partial charge in [0, 0.05) is 16.9 Å². The van der Waals surface area contributed by atoms with Crippen LogP contribution in [-0.4, -0.2) is 12.3 Å². The number of hydrogen-bond acceptors (Lipinski definition) is 3. The molecular weight excluding hydrogens is 230 g/mol. The van der Waals surface area contributed by atoms with Crippen molar-refractivity contribution in [3.63, 3.8) is 0 Å². The normalized spacial score (nSPS) is 19.2. The number of hydrogen-bond donors (Lipinski definition) is 1. The molecule has 0 atom stereocenters. The first kappa shape index (κ1) is 12.8. The number of nitrogens with two attached hydrogens (primary N) is 1. The van der Waals surface area contributed by atoms with Crippen LogP contribution in [0.5, 0.6) is 0 Å². The van der Waals surface area contributed by atoms with Crippen LogP contribution in [0.2, 0.25) is 0 Å². The van der Waals surface area contributed by atoms with Crippen molar-refractivity contribution >= 4 is 17.1 Å². The summed E-state index contributed by atoms with van der Waals surface area (Å²) >= 11 is 1.65. The number of aryl methyl sites for hydroxylation is 1. The highest BCUT2D eigenvalue weighted by atomic mass is 32.1. The topological polar surface area (TPSA) is 43.1 Å². The Morgan fingerprint density at radius 3 is 2.65 bits per heavy atom. The maximum Gasteiger partial charge on any atom is 0.164 e. The predicted molar refractivity (Wildman–Crippen MR) is 72.6 cm³/mol. The van der Waals surface area contributed by atoms with Crippen molar-refractivity contribution < 1.29 is 4.79 Å². The van der Waals surface area contributed by atoms with Gasteiger partial charge in [-0.05, 0) is 43.2 Å². The number of thiophene rings is 1. The van der Waals surface area contributed by atoms with Crippen LogP contribution < -0.4 is 5.73 Å². The first-order valence-corrected chi connectivity index (χ1v) is 7.32. The van der Waals surface area contributed by atoms with Crippen molar-refractivity contribution in [2.75, 3.05) is 6.54 Å². The van der Waals surface area contributed by atoms with Crippen molar-refractivity contribution in [1.82, 2.24) is 0 Å². The van der Waals surface area contributed by atoms with Gasteiger partial charge in [0.1, 0.15) is 0 Å². The molecule has 0 aromatic carbocycles. The molecule has 0 radical (unpaired) electrons. The molecule has 1 heterocycles. The van der Waals surface area contributed by atoms with E-state index in [9.17, 15) is 4.79 Å². The standard InChI is InChI=1S/C14H21NOS/c1-11-12(5-8-17-11)13(16)9-14(10-15)6-3-2-4-7-14/h5,8H,2-4,6-7,9-10,15H2,1H3. The fraction of sp³-hybridized carbons (Fsp3) is 0.643. The Labute approximate surface area is 107 Å². The maximum absolute atomic E-state index is 12.3. The first-order chi connectivity index (χ1) is 8.17. The molecule has 1 aromatic heterocycles. The highest BCUT2D eigenvalue weighted by Crippen LogP contribution is 2.39. The molecule has 3 heteroatoms. The monoisotopic (exact) mass is 251 g/mol. The average Bonchev–Trinajstić information content (AvgIpc) is 2.77. The largest absolute Gasteiger partial charge is 0.330 e. The third-order valence-electron chi connectivity index (χ3n) is 4.04. The third kappa shape index (κ3) is 2.78. The number of rotatable bonds is 4. The zero-order chi connectivity index (χ0) is 12.3. The molecule has 1 aliphatic rings. The van der Waals surface area contributed by atoms with E-state index in [1.807, 2.05) is 18.4 Å². The number of carbonyl (C=O) groups excluding carboxylic acids is 1. The van der Waals surface area contributed by atoms with E-state index in [1.54, 1.807) is 11.3 Å². The van der Waals surface area contributed by atoms with E-state index in [0.717, 1.165) is 23.3 Å². The van der Waals surface area contributed by atoms with Gasteiger partial charge in [-0.25, -0.2) is 0 Å². The van der Waals surface area contributed by atoms with Gasteiger partial charge in [0.15, 0.2) is 5.78 Å². The number of carbonyl (C=O) groups is 1. The lowest BCUT2D eigenvalue weighted by Gasteiger charge is -2.35. The molecule has 1 saturated carbocycles. The number of Topliss-reactive ketones (excluding diaryl/α,β-unsaturated/α-hetero) is 1. The zero-order valence-electron chi connectivity index (χ0n) is 10.5. The summed E-state index contributed by atoms with van der Waals surface area (Å²) in [7, 11) is 0. The lowest BCUT2D eigenvalue weighted by molar-refractivity contribution is 0.0868. The molecule has 0 bridgehead atoms. The van der Waals surface area contributed by atoms with Gasteiger partial charge in [0.05, 0.1) is 0 Å². The molecule has 1 aliphatic carbocycles. The number of ketones is 1. The SMILES string of the molecule is Cc1sccc1C(=O)CC1(CN)CCCCC1. The van der Waals surface area contributed by atoms with Gasteiger partial charge in [0.2, 0.25) is 0 Å². The summed E-state index contributed by atoms with van der Waals surface area (Å²) in [5, 5.41) is 2.00. The minimum absolute atomic E-state index is 0.0870. The molecule has 1 aromatic rings. The average molecular weight is 251 g/mol. The van der Waals surface area contributed by atoms with E-state index in [1.165, 1.54) is 19.3 Å². The van der Waals surface area contributed by atoms with Crippen molar-refractivity contribution in [2.24, 2.45) is 11.1 Å². The van der Waals surface area contributed by atoms with Crippen molar-refractivity contribution in [2.45, 2.75) is 45.4 Å². The molecule has 2 nitrogen and oxygen atoms in total. The fourth-order valence-electron chi connectivity index (χ4n) is 2.86. The summed E-state index contributed by atoms with van der Waals surface area (Å²) in [5.74, 6) is 0.288. The second-order valence-electron chi connectivity index (χ2n) is 5.26. The van der Waals surface area contributed by atoms with Gasteiger partial charge in [-0.2, -0.15) is 0 Å².